The van der Waals surface area contributed by atoms with E-state index in [-0.39, 0.29) is 11.5 Å². The fraction of sp³-hybridized carbons (Fsp3) is 0.350. The van der Waals surface area contributed by atoms with Crippen LogP contribution in [0.2, 0.25) is 0 Å². The number of carbonyl (C=O) groups is 1. The number of nitrogens with zero attached hydrogens (tertiary/aromatic N) is 1. The molecular weight excluding hydrogens is 366 g/mol. The maximum absolute atomic E-state index is 12.3. The Labute approximate surface area is 151 Å². The van der Waals surface area contributed by atoms with Crippen LogP contribution in [0.25, 0.3) is 0 Å². The van der Waals surface area contributed by atoms with Gasteiger partial charge in [0.05, 0.1) is 0 Å². The van der Waals surface area contributed by atoms with E-state index in [0.717, 1.165) is 36.0 Å². The van der Waals surface area contributed by atoms with E-state index in [4.69, 9.17) is 4.74 Å². The van der Waals surface area contributed by atoms with Crippen LogP contribution >= 0.6 is 15.9 Å². The average Bonchev–Trinajstić information content (AvgIpc) is 2.61. The third-order valence-corrected chi connectivity index (χ3v) is 5.40. The van der Waals surface area contributed by atoms with E-state index < -0.39 is 0 Å². The van der Waals surface area contributed by atoms with Crippen molar-refractivity contribution in [3.63, 3.8) is 0 Å². The van der Waals surface area contributed by atoms with E-state index in [1.165, 1.54) is 5.56 Å². The third-order valence-electron chi connectivity index (χ3n) is 4.87. The summed E-state index contributed by atoms with van der Waals surface area (Å²) in [6.45, 7) is 4.09. The van der Waals surface area contributed by atoms with Gasteiger partial charge in [-0.3, -0.25) is 0 Å². The van der Waals surface area contributed by atoms with E-state index in [1.54, 1.807) is 0 Å². The molecule has 0 aromatic heterocycles. The lowest BCUT2D eigenvalue weighted by molar-refractivity contribution is 0.0793. The second kappa shape index (κ2) is 7.39. The summed E-state index contributed by atoms with van der Waals surface area (Å²) in [5.74, 6) is 0. The zero-order valence-corrected chi connectivity index (χ0v) is 15.5. The van der Waals surface area contributed by atoms with Crippen LogP contribution in [0, 0.1) is 0 Å². The number of benzene rings is 2. The predicted molar refractivity (Wildman–Crippen MR) is 98.9 cm³/mol. The van der Waals surface area contributed by atoms with Crippen LogP contribution in [0.4, 0.5) is 4.79 Å². The molecule has 126 valence electrons. The Bertz CT molecular complexity index is 677. The molecule has 0 atom stereocenters. The second-order valence-corrected chi connectivity index (χ2v) is 7.51. The Kier molecular flexibility index (Phi) is 5.24. The molecule has 0 aliphatic carbocycles. The first kappa shape index (κ1) is 17.0. The van der Waals surface area contributed by atoms with Crippen molar-refractivity contribution in [2.24, 2.45) is 0 Å². The van der Waals surface area contributed by atoms with Crippen molar-refractivity contribution in [3.05, 3.63) is 70.2 Å². The van der Waals surface area contributed by atoms with Crippen molar-refractivity contribution in [3.8, 4) is 0 Å². The Morgan fingerprint density at radius 1 is 1.08 bits per heavy atom. The molecule has 0 N–H and O–H groups in total. The first-order valence-electron chi connectivity index (χ1n) is 8.28. The summed E-state index contributed by atoms with van der Waals surface area (Å²) in [4.78, 5) is 14.1. The number of halogens is 1. The number of amides is 1. The van der Waals surface area contributed by atoms with Crippen molar-refractivity contribution in [1.29, 1.82) is 0 Å². The SMILES string of the molecule is CC1(c2ccc(Br)cc2)CCN(C(=O)OCc2ccccc2)CC1. The fourth-order valence-electron chi connectivity index (χ4n) is 3.13. The first-order chi connectivity index (χ1) is 11.6. The minimum absolute atomic E-state index is 0.122. The summed E-state index contributed by atoms with van der Waals surface area (Å²) in [6, 6.07) is 18.3. The number of rotatable bonds is 3. The molecule has 4 heteroatoms. The Hall–Kier alpha value is -1.81. The molecule has 1 amide bonds. The van der Waals surface area contributed by atoms with Crippen LogP contribution in [0.1, 0.15) is 30.9 Å². The van der Waals surface area contributed by atoms with Crippen LogP contribution in [0.3, 0.4) is 0 Å². The smallest absolute Gasteiger partial charge is 0.410 e. The van der Waals surface area contributed by atoms with Crippen molar-refractivity contribution in [1.82, 2.24) is 4.90 Å². The van der Waals surface area contributed by atoms with Crippen molar-refractivity contribution in [2.75, 3.05) is 13.1 Å². The summed E-state index contributed by atoms with van der Waals surface area (Å²) < 4.78 is 6.53. The molecule has 1 fully saturated rings. The molecule has 0 unspecified atom stereocenters. The quantitative estimate of drug-likeness (QED) is 0.729. The van der Waals surface area contributed by atoms with Gasteiger partial charge >= 0.3 is 6.09 Å². The molecule has 1 saturated heterocycles. The highest BCUT2D eigenvalue weighted by atomic mass is 79.9. The van der Waals surface area contributed by atoms with Gasteiger partial charge in [0.2, 0.25) is 0 Å². The zero-order chi connectivity index (χ0) is 17.0. The van der Waals surface area contributed by atoms with E-state index in [0.29, 0.717) is 6.61 Å². The molecule has 1 aliphatic heterocycles. The lowest BCUT2D eigenvalue weighted by Crippen LogP contribution is -2.44. The van der Waals surface area contributed by atoms with Gasteiger partial charge in [-0.15, -0.1) is 0 Å². The number of likely N-dealkylation sites (tertiary alicyclic amines) is 1. The topological polar surface area (TPSA) is 29.5 Å². The van der Waals surface area contributed by atoms with Crippen molar-refractivity contribution in [2.45, 2.75) is 31.8 Å². The molecule has 2 aromatic carbocycles. The number of piperidine rings is 1. The van der Waals surface area contributed by atoms with E-state index in [9.17, 15) is 4.79 Å². The Morgan fingerprint density at radius 2 is 1.71 bits per heavy atom. The molecule has 0 radical (unpaired) electrons. The molecule has 3 nitrogen and oxygen atoms in total. The van der Waals surface area contributed by atoms with Gasteiger partial charge < -0.3 is 9.64 Å². The predicted octanol–water partition coefficient (Wildman–Crippen LogP) is 5.14. The maximum atomic E-state index is 12.3. The van der Waals surface area contributed by atoms with Crippen LogP contribution in [0.5, 0.6) is 0 Å². The minimum Gasteiger partial charge on any atom is -0.445 e. The van der Waals surface area contributed by atoms with Gasteiger partial charge in [-0.25, -0.2) is 4.79 Å². The van der Waals surface area contributed by atoms with Crippen LogP contribution in [0.15, 0.2) is 59.1 Å². The maximum Gasteiger partial charge on any atom is 0.410 e. The number of ether oxygens (including phenoxy) is 1. The molecule has 1 heterocycles. The normalized spacial score (nSPS) is 16.7. The standard InChI is InChI=1S/C20H22BrNO2/c1-20(17-7-9-18(21)10-8-17)11-13-22(14-12-20)19(23)24-15-16-5-3-2-4-6-16/h2-10H,11-15H2,1H3. The van der Waals surface area contributed by atoms with Gasteiger partial charge in [0.1, 0.15) is 6.61 Å². The molecular formula is C20H22BrNO2. The van der Waals surface area contributed by atoms with Gasteiger partial charge in [-0.05, 0) is 41.5 Å². The molecule has 0 bridgehead atoms. The minimum atomic E-state index is -0.211. The number of hydrogen-bond donors (Lipinski definition) is 0. The molecule has 0 spiro atoms. The fourth-order valence-corrected chi connectivity index (χ4v) is 3.40. The van der Waals surface area contributed by atoms with Gasteiger partial charge in [-0.2, -0.15) is 0 Å². The van der Waals surface area contributed by atoms with Crippen LogP contribution in [-0.4, -0.2) is 24.1 Å². The highest BCUT2D eigenvalue weighted by Gasteiger charge is 2.33. The lowest BCUT2D eigenvalue weighted by atomic mass is 9.75. The summed E-state index contributed by atoms with van der Waals surface area (Å²) >= 11 is 3.48. The van der Waals surface area contributed by atoms with Crippen LogP contribution in [-0.2, 0) is 16.8 Å². The third kappa shape index (κ3) is 3.99. The van der Waals surface area contributed by atoms with Gasteiger partial charge in [0.15, 0.2) is 0 Å². The zero-order valence-electron chi connectivity index (χ0n) is 13.9. The number of hydrogen-bond acceptors (Lipinski definition) is 2. The number of carbonyl (C=O) groups excluding carboxylic acids is 1. The monoisotopic (exact) mass is 387 g/mol. The Morgan fingerprint density at radius 3 is 2.33 bits per heavy atom. The molecule has 2 aromatic rings. The lowest BCUT2D eigenvalue weighted by Gasteiger charge is -2.39. The highest BCUT2D eigenvalue weighted by Crippen LogP contribution is 2.35. The summed E-state index contributed by atoms with van der Waals surface area (Å²) in [6.07, 6.45) is 1.70. The van der Waals surface area contributed by atoms with Crippen molar-refractivity contribution < 1.29 is 9.53 Å². The van der Waals surface area contributed by atoms with E-state index in [1.807, 2.05) is 35.2 Å². The summed E-state index contributed by atoms with van der Waals surface area (Å²) in [5, 5.41) is 0. The molecule has 24 heavy (non-hydrogen) atoms. The Balaban J connectivity index is 1.54. The van der Waals surface area contributed by atoms with E-state index in [2.05, 4.69) is 47.1 Å². The molecule has 3 rings (SSSR count). The van der Waals surface area contributed by atoms with Gasteiger partial charge in [0.25, 0.3) is 0 Å². The van der Waals surface area contributed by atoms with Crippen molar-refractivity contribution >= 4 is 22.0 Å². The summed E-state index contributed by atoms with van der Waals surface area (Å²) in [5.41, 5.74) is 2.47. The van der Waals surface area contributed by atoms with Gasteiger partial charge in [-0.1, -0.05) is 65.3 Å². The van der Waals surface area contributed by atoms with E-state index >= 15 is 0 Å². The highest BCUT2D eigenvalue weighted by molar-refractivity contribution is 9.10. The first-order valence-corrected chi connectivity index (χ1v) is 9.08. The largest absolute Gasteiger partial charge is 0.445 e. The second-order valence-electron chi connectivity index (χ2n) is 6.59. The molecule has 1 aliphatic rings. The summed E-state index contributed by atoms with van der Waals surface area (Å²) in [7, 11) is 0. The molecule has 0 saturated carbocycles. The van der Waals surface area contributed by atoms with Crippen LogP contribution < -0.4 is 0 Å². The average molecular weight is 388 g/mol. The van der Waals surface area contributed by atoms with Gasteiger partial charge in [0, 0.05) is 17.6 Å².